The quantitative estimate of drug-likeness (QED) is 0.394. The van der Waals surface area contributed by atoms with Crippen LogP contribution in [-0.2, 0) is 9.53 Å². The molecule has 3 heterocycles. The normalized spacial score (nSPS) is 25.1. The van der Waals surface area contributed by atoms with Gasteiger partial charge >= 0.3 is 0 Å². The summed E-state index contributed by atoms with van der Waals surface area (Å²) in [6.07, 6.45) is 0.806. The molecule has 1 amide bonds. The number of nitrogens with two attached hydrogens (primary N) is 2. The maximum absolute atomic E-state index is 13.5. The number of pyridine rings is 1. The highest BCUT2D eigenvalue weighted by Gasteiger charge is 2.35. The molecule has 1 aromatic heterocycles. The first kappa shape index (κ1) is 23.7. The van der Waals surface area contributed by atoms with Gasteiger partial charge in [-0.05, 0) is 24.2 Å². The Balaban J connectivity index is 1.51. The summed E-state index contributed by atoms with van der Waals surface area (Å²) in [6, 6.07) is 10.3. The lowest BCUT2D eigenvalue weighted by atomic mass is 9.98. The predicted molar refractivity (Wildman–Crippen MR) is 125 cm³/mol. The van der Waals surface area contributed by atoms with Crippen LogP contribution < -0.4 is 27.4 Å². The van der Waals surface area contributed by atoms with Crippen molar-refractivity contribution in [2.45, 2.75) is 24.5 Å². The number of nitrogens with zero attached hydrogens (tertiary/aromatic N) is 2. The molecule has 10 heteroatoms. The van der Waals surface area contributed by atoms with E-state index >= 15 is 0 Å². The number of likely N-dealkylation sites (N-methyl/N-ethyl adjacent to an activating group) is 1. The van der Waals surface area contributed by atoms with Gasteiger partial charge in [0.05, 0.1) is 49.4 Å². The molecule has 9 nitrogen and oxygen atoms in total. The third-order valence-electron chi connectivity index (χ3n) is 6.28. The monoisotopic (exact) mass is 457 g/mol. The van der Waals surface area contributed by atoms with Crippen LogP contribution in [0.25, 0.3) is 11.1 Å². The van der Waals surface area contributed by atoms with Crippen LogP contribution in [0.1, 0.15) is 11.6 Å². The van der Waals surface area contributed by atoms with Gasteiger partial charge in [0.25, 0.3) is 0 Å². The Morgan fingerprint density at radius 3 is 2.64 bits per heavy atom. The molecule has 33 heavy (non-hydrogen) atoms. The zero-order valence-electron chi connectivity index (χ0n) is 18.7. The molecule has 0 saturated carbocycles. The number of morpholine rings is 1. The Morgan fingerprint density at radius 2 is 1.97 bits per heavy atom. The van der Waals surface area contributed by atoms with E-state index in [0.717, 1.165) is 24.3 Å². The highest BCUT2D eigenvalue weighted by molar-refractivity contribution is 5.97. The molecule has 1 unspecified atom stereocenters. The molecule has 2 atom stereocenters. The minimum atomic E-state index is -1.02. The Bertz CT molecular complexity index is 935. The van der Waals surface area contributed by atoms with E-state index < -0.39 is 24.4 Å². The highest BCUT2D eigenvalue weighted by atomic mass is 19.1. The van der Waals surface area contributed by atoms with Crippen molar-refractivity contribution in [1.29, 1.82) is 0 Å². The summed E-state index contributed by atoms with van der Waals surface area (Å²) in [4.78, 5) is 19.6. The minimum Gasteiger partial charge on any atom is -0.378 e. The summed E-state index contributed by atoms with van der Waals surface area (Å²) in [5, 5.41) is 8.86. The van der Waals surface area contributed by atoms with Crippen molar-refractivity contribution in [3.05, 3.63) is 48.3 Å². The third kappa shape index (κ3) is 5.55. The molecule has 2 aliphatic rings. The minimum absolute atomic E-state index is 0.139. The number of carbonyl (C=O) groups is 1. The first-order valence-electron chi connectivity index (χ1n) is 11.2. The van der Waals surface area contributed by atoms with Crippen LogP contribution in [0.5, 0.6) is 0 Å². The molecule has 0 aliphatic carbocycles. The van der Waals surface area contributed by atoms with Crippen molar-refractivity contribution in [1.82, 2.24) is 20.5 Å². The van der Waals surface area contributed by atoms with Crippen LogP contribution in [0, 0.1) is 5.92 Å². The van der Waals surface area contributed by atoms with Gasteiger partial charge in [-0.3, -0.25) is 25.3 Å². The lowest BCUT2D eigenvalue weighted by Gasteiger charge is -2.34. The van der Waals surface area contributed by atoms with Crippen LogP contribution in [0.4, 0.5) is 10.1 Å². The van der Waals surface area contributed by atoms with Gasteiger partial charge in [-0.15, -0.1) is 0 Å². The highest BCUT2D eigenvalue weighted by Crippen LogP contribution is 2.30. The van der Waals surface area contributed by atoms with Crippen LogP contribution in [0.3, 0.4) is 0 Å². The van der Waals surface area contributed by atoms with E-state index in [0.29, 0.717) is 12.3 Å². The van der Waals surface area contributed by atoms with Gasteiger partial charge in [-0.25, -0.2) is 4.39 Å². The number of hydrogen-bond donors (Lipinski definition) is 5. The fraction of sp³-hybridized carbons (Fsp3) is 0.478. The fourth-order valence-electron chi connectivity index (χ4n) is 4.34. The molecule has 0 spiro atoms. The lowest BCUT2D eigenvalue weighted by molar-refractivity contribution is -0.122. The van der Waals surface area contributed by atoms with Gasteiger partial charge in [-0.1, -0.05) is 24.3 Å². The Morgan fingerprint density at radius 1 is 1.24 bits per heavy atom. The van der Waals surface area contributed by atoms with Gasteiger partial charge in [0.2, 0.25) is 5.91 Å². The van der Waals surface area contributed by atoms with E-state index in [1.165, 1.54) is 5.56 Å². The number of alkyl halides is 1. The molecule has 2 saturated heterocycles. The number of aromatic nitrogens is 1. The molecule has 1 aromatic carbocycles. The number of hydrogen-bond acceptors (Lipinski definition) is 8. The van der Waals surface area contributed by atoms with E-state index in [2.05, 4.69) is 45.0 Å². The number of carbonyl (C=O) groups excluding carboxylic acids is 1. The molecule has 2 fully saturated rings. The van der Waals surface area contributed by atoms with Gasteiger partial charge in [0, 0.05) is 31.4 Å². The molecule has 2 aromatic rings. The van der Waals surface area contributed by atoms with Crippen LogP contribution in [-0.4, -0.2) is 74.2 Å². The van der Waals surface area contributed by atoms with E-state index in [4.69, 9.17) is 16.2 Å². The summed E-state index contributed by atoms with van der Waals surface area (Å²) in [7, 11) is 2.10. The average Bonchev–Trinajstić information content (AvgIpc) is 2.81. The molecule has 2 aliphatic heterocycles. The van der Waals surface area contributed by atoms with Gasteiger partial charge < -0.3 is 21.5 Å². The lowest BCUT2D eigenvalue weighted by Crippen LogP contribution is -2.64. The van der Waals surface area contributed by atoms with E-state index in [-0.39, 0.29) is 25.0 Å². The van der Waals surface area contributed by atoms with Crippen molar-refractivity contribution in [3.63, 3.8) is 0 Å². The van der Waals surface area contributed by atoms with E-state index in [1.807, 2.05) is 18.2 Å². The molecule has 178 valence electrons. The average molecular weight is 458 g/mol. The maximum Gasteiger partial charge on any atom is 0.233 e. The van der Waals surface area contributed by atoms with Crippen molar-refractivity contribution in [3.8, 4) is 11.1 Å². The van der Waals surface area contributed by atoms with Crippen molar-refractivity contribution in [2.75, 3.05) is 45.2 Å². The van der Waals surface area contributed by atoms with Crippen molar-refractivity contribution in [2.24, 2.45) is 17.4 Å². The second-order valence-electron chi connectivity index (χ2n) is 8.60. The zero-order chi connectivity index (χ0) is 23.4. The summed E-state index contributed by atoms with van der Waals surface area (Å²) in [6.45, 7) is 2.59. The maximum atomic E-state index is 13.5. The smallest absolute Gasteiger partial charge is 0.233 e. The molecule has 0 radical (unpaired) electrons. The van der Waals surface area contributed by atoms with Gasteiger partial charge in [-0.2, -0.15) is 0 Å². The summed E-state index contributed by atoms with van der Waals surface area (Å²) < 4.78 is 19.1. The van der Waals surface area contributed by atoms with Gasteiger partial charge in [0.1, 0.15) is 6.17 Å². The van der Waals surface area contributed by atoms with Crippen molar-refractivity contribution >= 4 is 11.6 Å². The SMILES string of the molecule is CN1CCOC[C@@H]1c1ccc(-c2ccncc2NC(=O)C(C(N)N)C2NCC(F)CN2)cc1. The standard InChI is InChI=1S/C23H32FN7O2/c1-31-8-9-33-13-19(31)15-4-2-14(3-5-15)17-6-7-27-12-18(17)30-23(32)20(21(25)26)22-28-10-16(24)11-29-22/h2-7,12,16,19-22,28-29H,8-11,13,25-26H2,1H3,(H,30,32)/t16?,19-,20?,22?/m1/s1. The number of amides is 1. The van der Waals surface area contributed by atoms with Crippen LogP contribution in [0.2, 0.25) is 0 Å². The largest absolute Gasteiger partial charge is 0.378 e. The molecule has 4 rings (SSSR count). The number of anilines is 1. The van der Waals surface area contributed by atoms with E-state index in [9.17, 15) is 9.18 Å². The topological polar surface area (TPSA) is 131 Å². The fourth-order valence-corrected chi connectivity index (χ4v) is 4.34. The first-order chi connectivity index (χ1) is 15.9. The van der Waals surface area contributed by atoms with E-state index in [1.54, 1.807) is 12.4 Å². The van der Waals surface area contributed by atoms with Crippen LogP contribution in [0.15, 0.2) is 42.7 Å². The van der Waals surface area contributed by atoms with Gasteiger partial charge in [0.15, 0.2) is 0 Å². The Kier molecular flexibility index (Phi) is 7.63. The zero-order valence-corrected chi connectivity index (χ0v) is 18.7. The number of benzene rings is 1. The molecule has 7 N–H and O–H groups in total. The summed E-state index contributed by atoms with van der Waals surface area (Å²) in [5.41, 5.74) is 15.3. The number of halogens is 1. The molecular weight excluding hydrogens is 425 g/mol. The number of ether oxygens (including phenoxy) is 1. The first-order valence-corrected chi connectivity index (χ1v) is 11.2. The Labute approximate surface area is 193 Å². The Hall–Kier alpha value is -2.47. The molecule has 0 bridgehead atoms. The predicted octanol–water partition coefficient (Wildman–Crippen LogP) is 0.407. The summed E-state index contributed by atoms with van der Waals surface area (Å²) >= 11 is 0. The van der Waals surface area contributed by atoms with Crippen LogP contribution >= 0.6 is 0 Å². The molecular formula is C23H32FN7O2. The number of nitrogens with one attached hydrogen (secondary N) is 3. The second kappa shape index (κ2) is 10.6. The number of rotatable bonds is 6. The summed E-state index contributed by atoms with van der Waals surface area (Å²) in [5.74, 6) is -1.16. The third-order valence-corrected chi connectivity index (χ3v) is 6.28. The van der Waals surface area contributed by atoms with Crippen molar-refractivity contribution < 1.29 is 13.9 Å². The second-order valence-corrected chi connectivity index (χ2v) is 8.60.